The number of hydrogen-bond donors (Lipinski definition) is 1. The summed E-state index contributed by atoms with van der Waals surface area (Å²) in [5.74, 6) is 0.229. The number of rotatable bonds is 4. The van der Waals surface area contributed by atoms with Crippen LogP contribution in [-0.4, -0.2) is 84.6 Å². The fraction of sp³-hybridized carbons (Fsp3) is 0.714. The van der Waals surface area contributed by atoms with Crippen LogP contribution in [0.2, 0.25) is 0 Å². The van der Waals surface area contributed by atoms with Crippen LogP contribution >= 0.6 is 11.3 Å². The normalized spacial score (nSPS) is 21.2. The molecule has 2 aliphatic heterocycles. The molecule has 7 nitrogen and oxygen atoms in total. The minimum Gasteiger partial charge on any atom is -0.378 e. The van der Waals surface area contributed by atoms with Crippen molar-refractivity contribution in [1.29, 1.82) is 0 Å². The van der Waals surface area contributed by atoms with E-state index in [1.54, 1.807) is 11.3 Å². The minimum absolute atomic E-state index is 0.229. The van der Waals surface area contributed by atoms with Crippen LogP contribution in [0.5, 0.6) is 0 Å². The maximum atomic E-state index is 12.2. The Morgan fingerprint density at radius 3 is 2.50 bits per heavy atom. The third kappa shape index (κ3) is 4.16. The predicted molar refractivity (Wildman–Crippen MR) is 85.6 cm³/mol. The molecular weight excluding hydrogens is 302 g/mol. The van der Waals surface area contributed by atoms with E-state index in [1.165, 1.54) is 4.88 Å². The van der Waals surface area contributed by atoms with Crippen molar-refractivity contribution >= 4 is 22.4 Å². The van der Waals surface area contributed by atoms with E-state index in [4.69, 9.17) is 10.5 Å². The molecule has 0 bridgehead atoms. The van der Waals surface area contributed by atoms with Crippen LogP contribution in [-0.2, 0) is 16.1 Å². The second-order valence-corrected chi connectivity index (χ2v) is 6.86. The monoisotopic (exact) mass is 325 g/mol. The SMILES string of the molecule is Nc1ncc(CN2CCN(CC(=O)N3CCOCC3)CC2)s1. The smallest absolute Gasteiger partial charge is 0.236 e. The molecule has 2 saturated heterocycles. The number of ether oxygens (including phenoxy) is 1. The first-order chi connectivity index (χ1) is 10.7. The van der Waals surface area contributed by atoms with Gasteiger partial charge in [0.25, 0.3) is 0 Å². The summed E-state index contributed by atoms with van der Waals surface area (Å²) in [5.41, 5.74) is 5.66. The van der Waals surface area contributed by atoms with Gasteiger partial charge >= 0.3 is 0 Å². The summed E-state index contributed by atoms with van der Waals surface area (Å²) in [5, 5.41) is 0.629. The molecule has 2 aliphatic rings. The fourth-order valence-corrected chi connectivity index (χ4v) is 3.55. The number of anilines is 1. The van der Waals surface area contributed by atoms with E-state index in [2.05, 4.69) is 14.8 Å². The molecule has 8 heteroatoms. The predicted octanol–water partition coefficient (Wildman–Crippen LogP) is -0.298. The summed E-state index contributed by atoms with van der Waals surface area (Å²) < 4.78 is 5.29. The molecule has 0 atom stereocenters. The lowest BCUT2D eigenvalue weighted by molar-refractivity contribution is -0.136. The lowest BCUT2D eigenvalue weighted by Gasteiger charge is -2.35. The van der Waals surface area contributed by atoms with Gasteiger partial charge in [0, 0.05) is 56.9 Å². The van der Waals surface area contributed by atoms with Gasteiger partial charge in [0.2, 0.25) is 5.91 Å². The van der Waals surface area contributed by atoms with E-state index in [9.17, 15) is 4.79 Å². The van der Waals surface area contributed by atoms with E-state index in [1.807, 2.05) is 11.1 Å². The van der Waals surface area contributed by atoms with Gasteiger partial charge in [0.15, 0.2) is 5.13 Å². The van der Waals surface area contributed by atoms with Crippen LogP contribution in [0.1, 0.15) is 4.88 Å². The maximum Gasteiger partial charge on any atom is 0.236 e. The zero-order valence-electron chi connectivity index (χ0n) is 12.7. The summed E-state index contributed by atoms with van der Waals surface area (Å²) >= 11 is 1.55. The lowest BCUT2D eigenvalue weighted by Crippen LogP contribution is -2.51. The molecule has 0 aromatic carbocycles. The summed E-state index contributed by atoms with van der Waals surface area (Å²) in [6, 6.07) is 0. The summed E-state index contributed by atoms with van der Waals surface area (Å²) in [6.45, 7) is 8.05. The van der Waals surface area contributed by atoms with Crippen molar-refractivity contribution in [2.45, 2.75) is 6.54 Å². The van der Waals surface area contributed by atoms with Crippen LogP contribution in [0.4, 0.5) is 5.13 Å². The topological polar surface area (TPSA) is 74.9 Å². The molecule has 1 aromatic heterocycles. The van der Waals surface area contributed by atoms with Gasteiger partial charge in [0.1, 0.15) is 0 Å². The second-order valence-electron chi connectivity index (χ2n) is 5.71. The largest absolute Gasteiger partial charge is 0.378 e. The molecule has 2 N–H and O–H groups in total. The average molecular weight is 325 g/mol. The molecule has 0 saturated carbocycles. The number of piperazine rings is 1. The number of nitrogens with zero attached hydrogens (tertiary/aromatic N) is 4. The highest BCUT2D eigenvalue weighted by atomic mass is 32.1. The van der Waals surface area contributed by atoms with Gasteiger partial charge in [-0.1, -0.05) is 0 Å². The van der Waals surface area contributed by atoms with Crippen molar-refractivity contribution in [2.75, 3.05) is 64.8 Å². The number of carbonyl (C=O) groups is 1. The Bertz CT molecular complexity index is 495. The quantitative estimate of drug-likeness (QED) is 0.819. The standard InChI is InChI=1S/C14H23N5O2S/c15-14-16-9-12(22-14)10-17-1-3-18(4-2-17)11-13(20)19-5-7-21-8-6-19/h9H,1-8,10-11H2,(H2,15,16). The Hall–Kier alpha value is -1.22. The Morgan fingerprint density at radius 2 is 1.86 bits per heavy atom. The van der Waals surface area contributed by atoms with Gasteiger partial charge in [-0.15, -0.1) is 11.3 Å². The zero-order chi connectivity index (χ0) is 15.4. The number of carbonyl (C=O) groups excluding carboxylic acids is 1. The van der Waals surface area contributed by atoms with Gasteiger partial charge in [-0.25, -0.2) is 4.98 Å². The Kier molecular flexibility index (Phi) is 5.24. The molecule has 1 aromatic rings. The number of aromatic nitrogens is 1. The van der Waals surface area contributed by atoms with Gasteiger partial charge in [-0.2, -0.15) is 0 Å². The van der Waals surface area contributed by atoms with E-state index in [-0.39, 0.29) is 5.91 Å². The van der Waals surface area contributed by atoms with Gasteiger partial charge in [-0.05, 0) is 0 Å². The molecule has 0 aliphatic carbocycles. The molecule has 0 unspecified atom stereocenters. The lowest BCUT2D eigenvalue weighted by atomic mass is 10.3. The zero-order valence-corrected chi connectivity index (χ0v) is 13.6. The van der Waals surface area contributed by atoms with E-state index >= 15 is 0 Å². The van der Waals surface area contributed by atoms with Crippen LogP contribution in [0, 0.1) is 0 Å². The molecule has 0 radical (unpaired) electrons. The first-order valence-corrected chi connectivity index (χ1v) is 8.53. The minimum atomic E-state index is 0.229. The Balaban J connectivity index is 1.40. The molecule has 122 valence electrons. The van der Waals surface area contributed by atoms with Crippen molar-refractivity contribution in [2.24, 2.45) is 0 Å². The Morgan fingerprint density at radius 1 is 1.18 bits per heavy atom. The molecule has 2 fully saturated rings. The number of amides is 1. The molecular formula is C14H23N5O2S. The highest BCUT2D eigenvalue weighted by Crippen LogP contribution is 2.17. The fourth-order valence-electron chi connectivity index (χ4n) is 2.83. The van der Waals surface area contributed by atoms with Crippen molar-refractivity contribution in [3.63, 3.8) is 0 Å². The molecule has 0 spiro atoms. The molecule has 1 amide bonds. The summed E-state index contributed by atoms with van der Waals surface area (Å²) in [6.07, 6.45) is 1.86. The number of nitrogen functional groups attached to an aromatic ring is 1. The number of hydrogen-bond acceptors (Lipinski definition) is 7. The number of nitrogens with two attached hydrogens (primary N) is 1. The third-order valence-corrected chi connectivity index (χ3v) is 4.95. The van der Waals surface area contributed by atoms with Crippen LogP contribution in [0.15, 0.2) is 6.20 Å². The number of thiazole rings is 1. The van der Waals surface area contributed by atoms with Crippen molar-refractivity contribution in [1.82, 2.24) is 19.7 Å². The summed E-state index contributed by atoms with van der Waals surface area (Å²) in [7, 11) is 0. The highest BCUT2D eigenvalue weighted by Gasteiger charge is 2.23. The maximum absolute atomic E-state index is 12.2. The van der Waals surface area contributed by atoms with E-state index < -0.39 is 0 Å². The first-order valence-electron chi connectivity index (χ1n) is 7.71. The Labute approximate surface area is 134 Å². The molecule has 22 heavy (non-hydrogen) atoms. The second kappa shape index (κ2) is 7.36. The van der Waals surface area contributed by atoms with E-state index in [0.717, 1.165) is 45.8 Å². The van der Waals surface area contributed by atoms with Crippen molar-refractivity contribution < 1.29 is 9.53 Å². The van der Waals surface area contributed by atoms with Gasteiger partial charge in [-0.3, -0.25) is 14.6 Å². The van der Waals surface area contributed by atoms with E-state index in [0.29, 0.717) is 24.9 Å². The third-order valence-electron chi connectivity index (χ3n) is 4.14. The average Bonchev–Trinajstić information content (AvgIpc) is 2.95. The van der Waals surface area contributed by atoms with Crippen LogP contribution in [0.3, 0.4) is 0 Å². The molecule has 3 heterocycles. The summed E-state index contributed by atoms with van der Waals surface area (Å²) in [4.78, 5) is 24.1. The van der Waals surface area contributed by atoms with Crippen LogP contribution < -0.4 is 5.73 Å². The highest BCUT2D eigenvalue weighted by molar-refractivity contribution is 7.15. The number of morpholine rings is 1. The van der Waals surface area contributed by atoms with Crippen molar-refractivity contribution in [3.05, 3.63) is 11.1 Å². The van der Waals surface area contributed by atoms with Gasteiger partial charge < -0.3 is 15.4 Å². The first kappa shape index (κ1) is 15.7. The van der Waals surface area contributed by atoms with Crippen LogP contribution in [0.25, 0.3) is 0 Å². The van der Waals surface area contributed by atoms with Gasteiger partial charge in [0.05, 0.1) is 19.8 Å². The van der Waals surface area contributed by atoms with Crippen molar-refractivity contribution in [3.8, 4) is 0 Å². The molecule has 3 rings (SSSR count).